The summed E-state index contributed by atoms with van der Waals surface area (Å²) >= 11 is 4.79. The van der Waals surface area contributed by atoms with Gasteiger partial charge in [0.1, 0.15) is 11.5 Å². The summed E-state index contributed by atoms with van der Waals surface area (Å²) in [4.78, 5) is 44.1. The molecule has 3 heterocycles. The number of ether oxygens (including phenoxy) is 4. The predicted molar refractivity (Wildman–Crippen MR) is 172 cm³/mol. The first-order valence-corrected chi connectivity index (χ1v) is 15.8. The van der Waals surface area contributed by atoms with E-state index in [0.717, 1.165) is 15.6 Å². The van der Waals surface area contributed by atoms with E-state index in [1.807, 2.05) is 38.1 Å². The number of hydrogen-bond acceptors (Lipinski definition) is 10. The minimum Gasteiger partial charge on any atom is -0.490 e. The van der Waals surface area contributed by atoms with Gasteiger partial charge in [-0.1, -0.05) is 39.4 Å². The normalized spacial score (nSPS) is 14.5. The Morgan fingerprint density at radius 1 is 1.04 bits per heavy atom. The van der Waals surface area contributed by atoms with Gasteiger partial charge in [0.05, 0.1) is 42.2 Å². The van der Waals surface area contributed by atoms with Gasteiger partial charge >= 0.3 is 11.9 Å². The van der Waals surface area contributed by atoms with E-state index in [4.69, 9.17) is 18.6 Å². The van der Waals surface area contributed by atoms with Gasteiger partial charge in [-0.15, -0.1) is 0 Å². The van der Waals surface area contributed by atoms with Crippen molar-refractivity contribution in [3.63, 3.8) is 0 Å². The molecule has 0 aliphatic carbocycles. The van der Waals surface area contributed by atoms with Gasteiger partial charge in [0, 0.05) is 16.1 Å². The first kappa shape index (κ1) is 32.0. The van der Waals surface area contributed by atoms with Crippen LogP contribution in [0.3, 0.4) is 0 Å². The summed E-state index contributed by atoms with van der Waals surface area (Å²) < 4.78 is 30.4. The molecule has 2 aromatic carbocycles. The molecule has 1 aliphatic heterocycles. The van der Waals surface area contributed by atoms with Crippen LogP contribution in [0.4, 0.5) is 0 Å². The number of benzene rings is 2. The van der Waals surface area contributed by atoms with Crippen LogP contribution in [0, 0.1) is 6.92 Å². The zero-order chi connectivity index (χ0) is 32.2. The first-order chi connectivity index (χ1) is 21.6. The van der Waals surface area contributed by atoms with Crippen LogP contribution in [0.1, 0.15) is 43.7 Å². The van der Waals surface area contributed by atoms with Crippen molar-refractivity contribution in [1.82, 2.24) is 4.57 Å². The molecule has 1 atom stereocenters. The number of furan rings is 1. The van der Waals surface area contributed by atoms with Gasteiger partial charge in [-0.2, -0.15) is 0 Å². The van der Waals surface area contributed by atoms with Gasteiger partial charge in [-0.3, -0.25) is 9.36 Å². The molecule has 4 aromatic rings. The average Bonchev–Trinajstić information content (AvgIpc) is 3.59. The van der Waals surface area contributed by atoms with Crippen molar-refractivity contribution in [2.24, 2.45) is 4.99 Å². The topological polar surface area (TPSA) is 119 Å². The van der Waals surface area contributed by atoms with E-state index in [0.29, 0.717) is 50.2 Å². The third-order valence-electron chi connectivity index (χ3n) is 6.96. The van der Waals surface area contributed by atoms with Crippen molar-refractivity contribution >= 4 is 45.3 Å². The molecule has 5 rings (SSSR count). The number of aryl methyl sites for hydroxylation is 1. The van der Waals surface area contributed by atoms with Crippen molar-refractivity contribution in [3.05, 3.63) is 101 Å². The number of rotatable bonds is 10. The molecular formula is C33H31BrN2O8S. The minimum absolute atomic E-state index is 0.148. The Morgan fingerprint density at radius 2 is 1.84 bits per heavy atom. The Morgan fingerprint density at radius 3 is 2.56 bits per heavy atom. The van der Waals surface area contributed by atoms with Gasteiger partial charge in [0.15, 0.2) is 22.9 Å². The number of thiazole rings is 1. The lowest BCUT2D eigenvalue weighted by atomic mass is 9.95. The van der Waals surface area contributed by atoms with Crippen LogP contribution in [-0.4, -0.2) is 43.4 Å². The number of nitrogens with zero attached hydrogens (tertiary/aromatic N) is 2. The Bertz CT molecular complexity index is 1990. The molecule has 234 valence electrons. The average molecular weight is 696 g/mol. The fraction of sp³-hybridized carbons (Fsp3) is 0.273. The highest BCUT2D eigenvalue weighted by Gasteiger charge is 2.34. The molecule has 2 aromatic heterocycles. The third kappa shape index (κ3) is 6.66. The van der Waals surface area contributed by atoms with Crippen molar-refractivity contribution in [2.45, 2.75) is 33.7 Å². The lowest BCUT2D eigenvalue weighted by molar-refractivity contribution is -0.143. The van der Waals surface area contributed by atoms with E-state index >= 15 is 0 Å². The second kappa shape index (κ2) is 13.7. The van der Waals surface area contributed by atoms with Crippen molar-refractivity contribution in [2.75, 3.05) is 26.9 Å². The molecular weight excluding hydrogens is 664 g/mol. The fourth-order valence-electron chi connectivity index (χ4n) is 4.91. The van der Waals surface area contributed by atoms with E-state index in [1.54, 1.807) is 44.2 Å². The largest absolute Gasteiger partial charge is 0.490 e. The van der Waals surface area contributed by atoms with E-state index in [1.165, 1.54) is 23.0 Å². The van der Waals surface area contributed by atoms with Crippen LogP contribution in [0.5, 0.6) is 11.5 Å². The lowest BCUT2D eigenvalue weighted by Crippen LogP contribution is -2.40. The van der Waals surface area contributed by atoms with Crippen LogP contribution < -0.4 is 24.4 Å². The standard InChI is InChI=1S/C33H31BrN2O8S/c1-6-41-26-15-20(9-12-25(26)43-17-28(37)40-5)30-29(32(39)42-7-2)19(4)35-33-36(30)31(38)27(45-33)16-21-10-13-24(44-21)22-11-8-18(3)14-23(22)34/h8-16,30H,6-7,17H2,1-5H3/b27-16+/t30-/m1/s1. The van der Waals surface area contributed by atoms with Crippen molar-refractivity contribution < 1.29 is 33.0 Å². The smallest absolute Gasteiger partial charge is 0.343 e. The van der Waals surface area contributed by atoms with Gasteiger partial charge in [0.25, 0.3) is 5.56 Å². The number of aromatic nitrogens is 1. The van der Waals surface area contributed by atoms with E-state index in [2.05, 4.69) is 25.7 Å². The molecule has 0 bridgehead atoms. The maximum atomic E-state index is 14.0. The molecule has 1 aliphatic rings. The summed E-state index contributed by atoms with van der Waals surface area (Å²) in [5, 5.41) is 0. The Hall–Kier alpha value is -4.42. The second-order valence-electron chi connectivity index (χ2n) is 9.99. The minimum atomic E-state index is -0.869. The molecule has 0 unspecified atom stereocenters. The molecule has 10 nitrogen and oxygen atoms in total. The second-order valence-corrected chi connectivity index (χ2v) is 11.9. The predicted octanol–water partition coefficient (Wildman–Crippen LogP) is 5.08. The maximum Gasteiger partial charge on any atom is 0.343 e. The van der Waals surface area contributed by atoms with E-state index in [-0.39, 0.29) is 24.3 Å². The number of halogens is 1. The lowest BCUT2D eigenvalue weighted by Gasteiger charge is -2.25. The summed E-state index contributed by atoms with van der Waals surface area (Å²) in [5.74, 6) is 0.659. The monoisotopic (exact) mass is 694 g/mol. The molecule has 12 heteroatoms. The number of carbonyl (C=O) groups excluding carboxylic acids is 2. The molecule has 0 amide bonds. The van der Waals surface area contributed by atoms with E-state index < -0.39 is 18.0 Å². The Labute approximate surface area is 271 Å². The first-order valence-electron chi connectivity index (χ1n) is 14.2. The number of allylic oxidation sites excluding steroid dienone is 1. The Balaban J connectivity index is 1.62. The zero-order valence-electron chi connectivity index (χ0n) is 25.3. The van der Waals surface area contributed by atoms with Gasteiger partial charge in [0.2, 0.25) is 0 Å². The maximum absolute atomic E-state index is 14.0. The summed E-state index contributed by atoms with van der Waals surface area (Å²) in [6.45, 7) is 7.39. The SMILES string of the molecule is CCOC(=O)C1=C(C)N=c2s/c(=C/c3ccc(-c4ccc(C)cc4Br)o3)c(=O)n2[C@@H]1c1ccc(OCC(=O)OC)c(OCC)c1. The zero-order valence-corrected chi connectivity index (χ0v) is 27.7. The molecule has 0 radical (unpaired) electrons. The highest BCUT2D eigenvalue weighted by Crippen LogP contribution is 2.36. The van der Waals surface area contributed by atoms with Crippen LogP contribution >= 0.6 is 27.3 Å². The summed E-state index contributed by atoms with van der Waals surface area (Å²) in [6, 6.07) is 13.8. The van der Waals surface area contributed by atoms with Crippen molar-refractivity contribution in [3.8, 4) is 22.8 Å². The third-order valence-corrected chi connectivity index (χ3v) is 8.60. The van der Waals surface area contributed by atoms with Gasteiger partial charge in [-0.25, -0.2) is 14.6 Å². The van der Waals surface area contributed by atoms with Gasteiger partial charge < -0.3 is 23.4 Å². The number of carbonyl (C=O) groups is 2. The summed E-state index contributed by atoms with van der Waals surface area (Å²) in [5.41, 5.74) is 2.88. The van der Waals surface area contributed by atoms with Crippen molar-refractivity contribution in [1.29, 1.82) is 0 Å². The molecule has 0 saturated carbocycles. The molecule has 0 saturated heterocycles. The number of hydrogen-bond donors (Lipinski definition) is 0. The quantitative estimate of drug-likeness (QED) is 0.211. The van der Waals surface area contributed by atoms with Crippen LogP contribution in [-0.2, 0) is 19.1 Å². The van der Waals surface area contributed by atoms with Gasteiger partial charge in [-0.05, 0) is 75.2 Å². The summed E-state index contributed by atoms with van der Waals surface area (Å²) in [7, 11) is 1.27. The number of fused-ring (bicyclic) bond motifs is 1. The molecule has 0 spiro atoms. The molecule has 0 fully saturated rings. The molecule has 0 N–H and O–H groups in total. The van der Waals surface area contributed by atoms with Crippen LogP contribution in [0.25, 0.3) is 17.4 Å². The van der Waals surface area contributed by atoms with Crippen LogP contribution in [0.2, 0.25) is 0 Å². The summed E-state index contributed by atoms with van der Waals surface area (Å²) in [6.07, 6.45) is 1.67. The highest BCUT2D eigenvalue weighted by atomic mass is 79.9. The number of methoxy groups -OCH3 is 1. The molecule has 45 heavy (non-hydrogen) atoms. The Kier molecular flexibility index (Phi) is 9.74. The fourth-order valence-corrected chi connectivity index (χ4v) is 6.62. The van der Waals surface area contributed by atoms with Crippen LogP contribution in [0.15, 0.2) is 78.5 Å². The number of esters is 2. The highest BCUT2D eigenvalue weighted by molar-refractivity contribution is 9.10. The van der Waals surface area contributed by atoms with E-state index in [9.17, 15) is 14.4 Å².